The van der Waals surface area contributed by atoms with Crippen LogP contribution in [0, 0.1) is 22.0 Å². The Morgan fingerprint density at radius 1 is 1.33 bits per heavy atom. The molecule has 9 heteroatoms. The summed E-state index contributed by atoms with van der Waals surface area (Å²) in [6, 6.07) is 2.05. The maximum Gasteiger partial charge on any atom is 0.416 e. The second kappa shape index (κ2) is 7.21. The van der Waals surface area contributed by atoms with Gasteiger partial charge < -0.3 is 10.1 Å². The molecule has 0 spiro atoms. The summed E-state index contributed by atoms with van der Waals surface area (Å²) in [5, 5.41) is 13.2. The standard InChI is InChI=1S/C15H15F3N2O4/c1-14(2,3)24-13(21)19-8-4-5-10-6-7-11(15(16,17)18)9-12(10)20(22)23/h6-7,9H,8H2,1-3H3,(H,19,21). The maximum atomic E-state index is 12.6. The Labute approximate surface area is 136 Å². The van der Waals surface area contributed by atoms with E-state index in [-0.39, 0.29) is 12.1 Å². The van der Waals surface area contributed by atoms with Gasteiger partial charge in [-0.25, -0.2) is 4.79 Å². The normalized spacial score (nSPS) is 11.2. The zero-order valence-electron chi connectivity index (χ0n) is 13.2. The molecule has 0 unspecified atom stereocenters. The molecular weight excluding hydrogens is 329 g/mol. The van der Waals surface area contributed by atoms with Gasteiger partial charge >= 0.3 is 12.3 Å². The van der Waals surface area contributed by atoms with Crippen molar-refractivity contribution < 1.29 is 27.6 Å². The molecule has 1 rings (SSSR count). The van der Waals surface area contributed by atoms with Crippen LogP contribution in [0.15, 0.2) is 18.2 Å². The molecule has 0 saturated heterocycles. The molecular formula is C15H15F3N2O4. The summed E-state index contributed by atoms with van der Waals surface area (Å²) in [4.78, 5) is 21.3. The summed E-state index contributed by atoms with van der Waals surface area (Å²) in [5.74, 6) is 4.79. The van der Waals surface area contributed by atoms with Crippen LogP contribution in [-0.2, 0) is 10.9 Å². The first-order chi connectivity index (χ1) is 10.9. The number of halogens is 3. The van der Waals surface area contributed by atoms with Crippen LogP contribution in [0.4, 0.5) is 23.7 Å². The summed E-state index contributed by atoms with van der Waals surface area (Å²) >= 11 is 0. The zero-order valence-corrected chi connectivity index (χ0v) is 13.2. The number of nitro groups is 1. The van der Waals surface area contributed by atoms with Crippen LogP contribution in [0.5, 0.6) is 0 Å². The molecule has 0 heterocycles. The molecule has 130 valence electrons. The maximum absolute atomic E-state index is 12.6. The van der Waals surface area contributed by atoms with Gasteiger partial charge in [0, 0.05) is 6.07 Å². The third-order valence-electron chi connectivity index (χ3n) is 2.46. The number of nitro benzene ring substituents is 1. The van der Waals surface area contributed by atoms with E-state index >= 15 is 0 Å². The van der Waals surface area contributed by atoms with E-state index in [1.165, 1.54) is 0 Å². The first-order valence-corrected chi connectivity index (χ1v) is 6.71. The Morgan fingerprint density at radius 2 is 1.96 bits per heavy atom. The fourth-order valence-corrected chi connectivity index (χ4v) is 1.53. The van der Waals surface area contributed by atoms with Crippen LogP contribution in [0.3, 0.4) is 0 Å². The highest BCUT2D eigenvalue weighted by Crippen LogP contribution is 2.32. The molecule has 0 aromatic heterocycles. The molecule has 1 amide bonds. The van der Waals surface area contributed by atoms with Gasteiger partial charge in [0.25, 0.3) is 5.69 Å². The van der Waals surface area contributed by atoms with Gasteiger partial charge in [-0.05, 0) is 32.9 Å². The predicted octanol–water partition coefficient (Wildman–Crippen LogP) is 3.49. The van der Waals surface area contributed by atoms with E-state index in [1.54, 1.807) is 20.8 Å². The predicted molar refractivity (Wildman–Crippen MR) is 79.2 cm³/mol. The van der Waals surface area contributed by atoms with Gasteiger partial charge in [0.15, 0.2) is 0 Å². The van der Waals surface area contributed by atoms with E-state index in [0.29, 0.717) is 12.1 Å². The number of nitrogens with zero attached hydrogens (tertiary/aromatic N) is 1. The average Bonchev–Trinajstić information content (AvgIpc) is 2.40. The van der Waals surface area contributed by atoms with Crippen molar-refractivity contribution in [2.75, 3.05) is 6.54 Å². The molecule has 0 saturated carbocycles. The topological polar surface area (TPSA) is 81.5 Å². The number of rotatable bonds is 2. The Balaban J connectivity index is 2.86. The van der Waals surface area contributed by atoms with Crippen molar-refractivity contribution in [2.24, 2.45) is 0 Å². The van der Waals surface area contributed by atoms with Crippen LogP contribution < -0.4 is 5.32 Å². The molecule has 0 radical (unpaired) electrons. The highest BCUT2D eigenvalue weighted by atomic mass is 19.4. The Morgan fingerprint density at radius 3 is 2.46 bits per heavy atom. The van der Waals surface area contributed by atoms with Crippen molar-refractivity contribution in [3.8, 4) is 11.8 Å². The molecule has 0 atom stereocenters. The van der Waals surface area contributed by atoms with Crippen LogP contribution >= 0.6 is 0 Å². The lowest BCUT2D eigenvalue weighted by atomic mass is 10.1. The number of hydrogen-bond donors (Lipinski definition) is 1. The number of alkyl halides is 3. The summed E-state index contributed by atoms with van der Waals surface area (Å²) in [6.45, 7) is 4.84. The van der Waals surface area contributed by atoms with Gasteiger partial charge in [0.2, 0.25) is 0 Å². The van der Waals surface area contributed by atoms with Crippen molar-refractivity contribution in [2.45, 2.75) is 32.5 Å². The van der Waals surface area contributed by atoms with E-state index in [1.807, 2.05) is 0 Å². The average molecular weight is 344 g/mol. The SMILES string of the molecule is CC(C)(C)OC(=O)NCC#Cc1ccc(C(F)(F)F)cc1[N+](=O)[O-]. The smallest absolute Gasteiger partial charge is 0.416 e. The van der Waals surface area contributed by atoms with Crippen LogP contribution in [0.25, 0.3) is 0 Å². The number of benzene rings is 1. The molecule has 1 aromatic carbocycles. The minimum absolute atomic E-state index is 0.174. The van der Waals surface area contributed by atoms with Crippen molar-refractivity contribution in [1.82, 2.24) is 5.32 Å². The minimum atomic E-state index is -4.69. The second-order valence-corrected chi connectivity index (χ2v) is 5.64. The molecule has 24 heavy (non-hydrogen) atoms. The summed E-state index contributed by atoms with van der Waals surface area (Å²) in [6.07, 6.45) is -5.41. The largest absolute Gasteiger partial charge is 0.444 e. The van der Waals surface area contributed by atoms with Gasteiger partial charge in [-0.15, -0.1) is 0 Å². The highest BCUT2D eigenvalue weighted by Gasteiger charge is 2.32. The molecule has 0 bridgehead atoms. The lowest BCUT2D eigenvalue weighted by molar-refractivity contribution is -0.385. The molecule has 6 nitrogen and oxygen atoms in total. The third kappa shape index (κ3) is 6.16. The van der Waals surface area contributed by atoms with Gasteiger partial charge in [-0.1, -0.05) is 11.8 Å². The highest BCUT2D eigenvalue weighted by molar-refractivity contribution is 5.68. The van der Waals surface area contributed by atoms with Crippen molar-refractivity contribution in [1.29, 1.82) is 0 Å². The summed E-state index contributed by atoms with van der Waals surface area (Å²) < 4.78 is 42.7. The number of carbonyl (C=O) groups is 1. The second-order valence-electron chi connectivity index (χ2n) is 5.64. The molecule has 0 fully saturated rings. The molecule has 0 aliphatic carbocycles. The lowest BCUT2D eigenvalue weighted by Crippen LogP contribution is -2.32. The van der Waals surface area contributed by atoms with E-state index < -0.39 is 34.0 Å². The molecule has 0 aliphatic rings. The fraction of sp³-hybridized carbons (Fsp3) is 0.400. The van der Waals surface area contributed by atoms with Gasteiger partial charge in [0.05, 0.1) is 17.0 Å². The van der Waals surface area contributed by atoms with E-state index in [9.17, 15) is 28.1 Å². The van der Waals surface area contributed by atoms with Gasteiger partial charge in [0.1, 0.15) is 11.2 Å². The van der Waals surface area contributed by atoms with Crippen LogP contribution in [-0.4, -0.2) is 23.2 Å². The molecule has 1 aromatic rings. The van der Waals surface area contributed by atoms with E-state index in [4.69, 9.17) is 4.74 Å². The van der Waals surface area contributed by atoms with Crippen LogP contribution in [0.2, 0.25) is 0 Å². The van der Waals surface area contributed by atoms with E-state index in [0.717, 1.165) is 6.07 Å². The number of hydrogen-bond acceptors (Lipinski definition) is 4. The van der Waals surface area contributed by atoms with Gasteiger partial charge in [-0.3, -0.25) is 10.1 Å². The summed E-state index contributed by atoms with van der Waals surface area (Å²) in [7, 11) is 0. The van der Waals surface area contributed by atoms with Crippen LogP contribution in [0.1, 0.15) is 31.9 Å². The first-order valence-electron chi connectivity index (χ1n) is 6.71. The minimum Gasteiger partial charge on any atom is -0.444 e. The van der Waals surface area contributed by atoms with Gasteiger partial charge in [-0.2, -0.15) is 13.2 Å². The Kier molecular flexibility index (Phi) is 5.79. The van der Waals surface area contributed by atoms with Crippen molar-refractivity contribution >= 4 is 11.8 Å². The number of amides is 1. The number of alkyl carbamates (subject to hydrolysis) is 1. The molecule has 1 N–H and O–H groups in total. The monoisotopic (exact) mass is 344 g/mol. The molecule has 0 aliphatic heterocycles. The Bertz CT molecular complexity index is 697. The Hall–Kier alpha value is -2.76. The van der Waals surface area contributed by atoms with Crippen molar-refractivity contribution in [3.05, 3.63) is 39.4 Å². The number of carbonyl (C=O) groups excluding carboxylic acids is 1. The van der Waals surface area contributed by atoms with Crippen molar-refractivity contribution in [3.63, 3.8) is 0 Å². The number of ether oxygens (including phenoxy) is 1. The number of nitrogens with one attached hydrogen (secondary N) is 1. The zero-order chi connectivity index (χ0) is 18.5. The van der Waals surface area contributed by atoms with E-state index in [2.05, 4.69) is 17.2 Å². The third-order valence-corrected chi connectivity index (χ3v) is 2.46. The summed E-state index contributed by atoms with van der Waals surface area (Å²) in [5.41, 5.74) is -2.76. The quantitative estimate of drug-likeness (QED) is 0.506. The lowest BCUT2D eigenvalue weighted by Gasteiger charge is -2.19. The fourth-order valence-electron chi connectivity index (χ4n) is 1.53. The first kappa shape index (κ1) is 19.3.